The third-order valence-corrected chi connectivity index (χ3v) is 3.80. The van der Waals surface area contributed by atoms with E-state index in [1.54, 1.807) is 0 Å². The van der Waals surface area contributed by atoms with Gasteiger partial charge in [0.2, 0.25) is 5.91 Å². The van der Waals surface area contributed by atoms with Crippen molar-refractivity contribution < 1.29 is 4.79 Å². The predicted octanol–water partition coefficient (Wildman–Crippen LogP) is 2.41. The van der Waals surface area contributed by atoms with Gasteiger partial charge in [0.05, 0.1) is 0 Å². The lowest BCUT2D eigenvalue weighted by Crippen LogP contribution is -2.35. The Labute approximate surface area is 156 Å². The van der Waals surface area contributed by atoms with Gasteiger partial charge < -0.3 is 14.7 Å². The summed E-state index contributed by atoms with van der Waals surface area (Å²) >= 11 is 0. The molecule has 1 aliphatic rings. The Morgan fingerprint density at radius 1 is 1.09 bits per heavy atom. The zero-order valence-corrected chi connectivity index (χ0v) is 16.8. The van der Waals surface area contributed by atoms with Gasteiger partial charge >= 0.3 is 0 Å². The van der Waals surface area contributed by atoms with Gasteiger partial charge in [-0.25, -0.2) is 0 Å². The van der Waals surface area contributed by atoms with Gasteiger partial charge in [0.1, 0.15) is 0 Å². The maximum absolute atomic E-state index is 12.3. The normalized spacial score (nSPS) is 12.3. The topological polar surface area (TPSA) is 39.2 Å². The van der Waals surface area contributed by atoms with Crippen LogP contribution in [0.2, 0.25) is 0 Å². The number of benzene rings is 1. The number of amides is 1. The van der Waals surface area contributed by atoms with Crippen LogP contribution in [0.5, 0.6) is 0 Å². The van der Waals surface area contributed by atoms with Gasteiger partial charge in [-0.15, -0.1) is 24.0 Å². The number of nitrogens with zero attached hydrogens (tertiary/aromatic N) is 4. The zero-order chi connectivity index (χ0) is 16.1. The lowest BCUT2D eigenvalue weighted by Gasteiger charge is -2.22. The summed E-state index contributed by atoms with van der Waals surface area (Å²) in [5.74, 6) is 1.16. The Bertz CT molecular complexity index is 522. The van der Waals surface area contributed by atoms with Gasteiger partial charge in [-0.3, -0.25) is 9.79 Å². The number of fused-ring (bicyclic) bond motifs is 1. The molecule has 0 bridgehead atoms. The van der Waals surface area contributed by atoms with Gasteiger partial charge in [0.15, 0.2) is 5.96 Å². The maximum atomic E-state index is 12.3. The lowest BCUT2D eigenvalue weighted by molar-refractivity contribution is -0.131. The molecule has 6 heteroatoms. The zero-order valence-electron chi connectivity index (χ0n) is 14.5. The second-order valence-electron chi connectivity index (χ2n) is 6.09. The van der Waals surface area contributed by atoms with Crippen LogP contribution >= 0.6 is 24.0 Å². The number of rotatable bonds is 4. The van der Waals surface area contributed by atoms with Crippen molar-refractivity contribution >= 4 is 35.8 Å². The van der Waals surface area contributed by atoms with Crippen molar-refractivity contribution in [3.8, 4) is 0 Å². The van der Waals surface area contributed by atoms with Crippen molar-refractivity contribution in [2.45, 2.75) is 25.9 Å². The monoisotopic (exact) mass is 430 g/mol. The van der Waals surface area contributed by atoms with Crippen LogP contribution in [-0.4, -0.2) is 61.3 Å². The van der Waals surface area contributed by atoms with Crippen molar-refractivity contribution in [3.05, 3.63) is 35.4 Å². The van der Waals surface area contributed by atoms with Crippen LogP contribution in [0.25, 0.3) is 0 Å². The number of hydrogen-bond acceptors (Lipinski definition) is 2. The van der Waals surface area contributed by atoms with E-state index in [0.29, 0.717) is 13.0 Å². The molecule has 1 heterocycles. The summed E-state index contributed by atoms with van der Waals surface area (Å²) < 4.78 is 0. The molecule has 0 unspecified atom stereocenters. The largest absolute Gasteiger partial charge is 0.349 e. The van der Waals surface area contributed by atoms with Crippen molar-refractivity contribution in [2.24, 2.45) is 4.99 Å². The van der Waals surface area contributed by atoms with Crippen LogP contribution in [0.15, 0.2) is 29.3 Å². The van der Waals surface area contributed by atoms with Crippen molar-refractivity contribution in [3.63, 3.8) is 0 Å². The molecule has 2 rings (SSSR count). The number of carbonyl (C=O) groups is 1. The fourth-order valence-corrected chi connectivity index (χ4v) is 2.76. The Kier molecular flexibility index (Phi) is 7.81. The van der Waals surface area contributed by atoms with Crippen molar-refractivity contribution in [1.29, 1.82) is 0 Å². The number of aliphatic imine (C=N–C) groups is 1. The van der Waals surface area contributed by atoms with Crippen LogP contribution in [0, 0.1) is 0 Å². The molecule has 0 spiro atoms. The SMILES string of the molecule is CN(C)C(=NCCCC(=O)N1Cc2ccccc2C1)N(C)C.I. The van der Waals surface area contributed by atoms with E-state index in [0.717, 1.165) is 25.5 Å². The van der Waals surface area contributed by atoms with E-state index < -0.39 is 0 Å². The lowest BCUT2D eigenvalue weighted by atomic mass is 10.1. The predicted molar refractivity (Wildman–Crippen MR) is 105 cm³/mol. The minimum atomic E-state index is 0. The van der Waals surface area contributed by atoms with E-state index in [1.165, 1.54) is 11.1 Å². The molecular formula is C17H27IN4O. The van der Waals surface area contributed by atoms with E-state index in [4.69, 9.17) is 0 Å². The van der Waals surface area contributed by atoms with E-state index in [-0.39, 0.29) is 29.9 Å². The fourth-order valence-electron chi connectivity index (χ4n) is 2.76. The maximum Gasteiger partial charge on any atom is 0.223 e. The Morgan fingerprint density at radius 2 is 1.61 bits per heavy atom. The highest BCUT2D eigenvalue weighted by Crippen LogP contribution is 2.22. The molecule has 0 atom stereocenters. The highest BCUT2D eigenvalue weighted by molar-refractivity contribution is 14.0. The molecule has 23 heavy (non-hydrogen) atoms. The number of hydrogen-bond donors (Lipinski definition) is 0. The Morgan fingerprint density at radius 3 is 2.09 bits per heavy atom. The molecule has 0 N–H and O–H groups in total. The van der Waals surface area contributed by atoms with E-state index in [1.807, 2.05) is 55.0 Å². The molecule has 0 aromatic heterocycles. The first-order valence-corrected chi connectivity index (χ1v) is 7.72. The molecule has 0 saturated heterocycles. The molecule has 0 aliphatic carbocycles. The average molecular weight is 430 g/mol. The number of guanidine groups is 1. The second-order valence-corrected chi connectivity index (χ2v) is 6.09. The first kappa shape index (κ1) is 19.7. The van der Waals surface area contributed by atoms with E-state index in [9.17, 15) is 4.79 Å². The van der Waals surface area contributed by atoms with Gasteiger partial charge in [0.25, 0.3) is 0 Å². The summed E-state index contributed by atoms with van der Waals surface area (Å²) in [6.07, 6.45) is 1.35. The van der Waals surface area contributed by atoms with E-state index in [2.05, 4.69) is 17.1 Å². The molecular weight excluding hydrogens is 403 g/mol. The second kappa shape index (κ2) is 9.10. The minimum absolute atomic E-state index is 0. The summed E-state index contributed by atoms with van der Waals surface area (Å²) in [5, 5.41) is 0. The molecule has 0 saturated carbocycles. The van der Waals surface area contributed by atoms with Crippen LogP contribution in [0.1, 0.15) is 24.0 Å². The molecule has 0 radical (unpaired) electrons. The molecule has 1 aromatic carbocycles. The highest BCUT2D eigenvalue weighted by atomic mass is 127. The molecule has 128 valence electrons. The number of halogens is 1. The smallest absolute Gasteiger partial charge is 0.223 e. The highest BCUT2D eigenvalue weighted by Gasteiger charge is 2.22. The Balaban J connectivity index is 0.00000264. The van der Waals surface area contributed by atoms with Crippen molar-refractivity contribution in [1.82, 2.24) is 14.7 Å². The van der Waals surface area contributed by atoms with Crippen LogP contribution in [0.3, 0.4) is 0 Å². The molecule has 5 nitrogen and oxygen atoms in total. The van der Waals surface area contributed by atoms with Crippen molar-refractivity contribution in [2.75, 3.05) is 34.7 Å². The number of carbonyl (C=O) groups excluding carboxylic acids is 1. The molecule has 1 aromatic rings. The molecule has 1 amide bonds. The third-order valence-electron chi connectivity index (χ3n) is 3.80. The first-order chi connectivity index (χ1) is 10.5. The Hall–Kier alpha value is -1.31. The summed E-state index contributed by atoms with van der Waals surface area (Å²) in [6, 6.07) is 8.28. The summed E-state index contributed by atoms with van der Waals surface area (Å²) in [7, 11) is 7.91. The standard InChI is InChI=1S/C17H26N4O.HI/c1-19(2)17(20(3)4)18-11-7-10-16(22)21-12-14-8-5-6-9-15(14)13-21;/h5-6,8-9H,7,10-13H2,1-4H3;1H. The summed E-state index contributed by atoms with van der Waals surface area (Å²) in [4.78, 5) is 22.7. The fraction of sp³-hybridized carbons (Fsp3) is 0.529. The van der Waals surface area contributed by atoms with Crippen LogP contribution in [0.4, 0.5) is 0 Å². The van der Waals surface area contributed by atoms with Gasteiger partial charge in [-0.1, -0.05) is 24.3 Å². The molecule has 1 aliphatic heterocycles. The summed E-state index contributed by atoms with van der Waals surface area (Å²) in [6.45, 7) is 2.18. The third kappa shape index (κ3) is 5.37. The minimum Gasteiger partial charge on any atom is -0.349 e. The van der Waals surface area contributed by atoms with Gasteiger partial charge in [-0.05, 0) is 17.5 Å². The summed E-state index contributed by atoms with van der Waals surface area (Å²) in [5.41, 5.74) is 2.55. The van der Waals surface area contributed by atoms with Crippen LogP contribution in [-0.2, 0) is 17.9 Å². The molecule has 0 fully saturated rings. The average Bonchev–Trinajstić information content (AvgIpc) is 2.90. The van der Waals surface area contributed by atoms with Gasteiger partial charge in [0, 0.05) is 54.2 Å². The quantitative estimate of drug-likeness (QED) is 0.319. The van der Waals surface area contributed by atoms with Gasteiger partial charge in [-0.2, -0.15) is 0 Å². The first-order valence-electron chi connectivity index (χ1n) is 7.72. The van der Waals surface area contributed by atoms with Crippen LogP contribution < -0.4 is 0 Å². The van der Waals surface area contributed by atoms with E-state index >= 15 is 0 Å².